The van der Waals surface area contributed by atoms with Gasteiger partial charge in [0.1, 0.15) is 12.0 Å². The second kappa shape index (κ2) is 10.1. The molecule has 0 unspecified atom stereocenters. The zero-order chi connectivity index (χ0) is 22.2. The molecule has 0 bridgehead atoms. The lowest BCUT2D eigenvalue weighted by molar-refractivity contribution is 0.0599. The largest absolute Gasteiger partial charge is 0.465 e. The number of ether oxygens (including phenoxy) is 2. The first kappa shape index (κ1) is 21.6. The molecule has 0 radical (unpaired) electrons. The van der Waals surface area contributed by atoms with Crippen LogP contribution in [0.1, 0.15) is 26.3 Å². The molecule has 4 N–H and O–H groups in total. The first-order valence-corrected chi connectivity index (χ1v) is 9.49. The number of methoxy groups -OCH3 is 2. The van der Waals surface area contributed by atoms with Crippen LogP contribution in [0.25, 0.3) is 0 Å². The van der Waals surface area contributed by atoms with Gasteiger partial charge in [-0.15, -0.1) is 0 Å². The predicted octanol–water partition coefficient (Wildman–Crippen LogP) is 3.03. The van der Waals surface area contributed by atoms with Crippen LogP contribution in [0.4, 0.5) is 23.0 Å². The molecule has 160 valence electrons. The number of benzene rings is 2. The monoisotopic (exact) mass is 421 g/mol. The fraction of sp³-hybridized carbons (Fsp3) is 0.182. The fourth-order valence-electron chi connectivity index (χ4n) is 2.91. The molecule has 3 rings (SSSR count). The number of rotatable bonds is 8. The van der Waals surface area contributed by atoms with Crippen molar-refractivity contribution in [2.75, 3.05) is 37.1 Å². The zero-order valence-corrected chi connectivity index (χ0v) is 17.2. The highest BCUT2D eigenvalue weighted by atomic mass is 16.5. The van der Waals surface area contributed by atoms with Crippen molar-refractivity contribution in [3.05, 3.63) is 71.5 Å². The Kier molecular flexibility index (Phi) is 7.00. The molecule has 3 aromatic rings. The third-order valence-corrected chi connectivity index (χ3v) is 4.47. The van der Waals surface area contributed by atoms with E-state index in [0.717, 1.165) is 6.42 Å². The van der Waals surface area contributed by atoms with Crippen molar-refractivity contribution in [2.45, 2.75) is 6.42 Å². The number of nitrogens with two attached hydrogens (primary N) is 1. The van der Waals surface area contributed by atoms with E-state index in [0.29, 0.717) is 29.6 Å². The van der Waals surface area contributed by atoms with Gasteiger partial charge in [0, 0.05) is 12.2 Å². The number of nitrogens with one attached hydrogen (secondary N) is 2. The van der Waals surface area contributed by atoms with Crippen molar-refractivity contribution < 1.29 is 19.1 Å². The van der Waals surface area contributed by atoms with Crippen LogP contribution >= 0.6 is 0 Å². The lowest BCUT2D eigenvalue weighted by Gasteiger charge is -2.14. The molecule has 9 heteroatoms. The molecule has 0 saturated carbocycles. The summed E-state index contributed by atoms with van der Waals surface area (Å²) < 4.78 is 9.51. The summed E-state index contributed by atoms with van der Waals surface area (Å²) in [7, 11) is 2.52. The van der Waals surface area contributed by atoms with E-state index in [1.165, 1.54) is 44.3 Å². The molecule has 0 aliphatic heterocycles. The van der Waals surface area contributed by atoms with Crippen molar-refractivity contribution in [3.8, 4) is 0 Å². The highest BCUT2D eigenvalue weighted by Crippen LogP contribution is 2.27. The van der Waals surface area contributed by atoms with Crippen molar-refractivity contribution >= 4 is 34.9 Å². The van der Waals surface area contributed by atoms with E-state index in [1.807, 2.05) is 30.3 Å². The first-order valence-electron chi connectivity index (χ1n) is 9.49. The number of hydrogen-bond acceptors (Lipinski definition) is 9. The summed E-state index contributed by atoms with van der Waals surface area (Å²) in [4.78, 5) is 32.3. The Bertz CT molecular complexity index is 1040. The number of hydrogen-bond donors (Lipinski definition) is 3. The molecular weight excluding hydrogens is 398 g/mol. The Morgan fingerprint density at radius 1 is 0.935 bits per heavy atom. The average molecular weight is 421 g/mol. The zero-order valence-electron chi connectivity index (χ0n) is 17.2. The van der Waals surface area contributed by atoms with Gasteiger partial charge in [0.05, 0.1) is 25.3 Å². The van der Waals surface area contributed by atoms with Gasteiger partial charge >= 0.3 is 11.9 Å². The molecule has 9 nitrogen and oxygen atoms in total. The first-order chi connectivity index (χ1) is 15.0. The number of nitrogens with zero attached hydrogens (tertiary/aromatic N) is 2. The van der Waals surface area contributed by atoms with Crippen molar-refractivity contribution in [2.24, 2.45) is 0 Å². The second-order valence-electron chi connectivity index (χ2n) is 6.55. The van der Waals surface area contributed by atoms with Gasteiger partial charge in [0.25, 0.3) is 0 Å². The maximum Gasteiger partial charge on any atom is 0.337 e. The molecule has 0 spiro atoms. The summed E-state index contributed by atoms with van der Waals surface area (Å²) in [5.74, 6) is -0.374. The maximum absolute atomic E-state index is 12.0. The van der Waals surface area contributed by atoms with Gasteiger partial charge < -0.3 is 25.8 Å². The molecule has 31 heavy (non-hydrogen) atoms. The molecular formula is C22H23N5O4. The number of aromatic nitrogens is 2. The lowest BCUT2D eigenvalue weighted by atomic mass is 10.1. The number of nitrogen functional groups attached to an aromatic ring is 1. The van der Waals surface area contributed by atoms with E-state index < -0.39 is 11.9 Å². The van der Waals surface area contributed by atoms with Crippen LogP contribution in [0, 0.1) is 0 Å². The van der Waals surface area contributed by atoms with E-state index in [2.05, 4.69) is 20.6 Å². The normalized spacial score (nSPS) is 10.3. The van der Waals surface area contributed by atoms with Crippen LogP contribution < -0.4 is 16.4 Å². The molecule has 0 aliphatic carbocycles. The highest BCUT2D eigenvalue weighted by Gasteiger charge is 2.15. The molecule has 0 fully saturated rings. The summed E-state index contributed by atoms with van der Waals surface area (Å²) in [5.41, 5.74) is 8.51. The Hall–Kier alpha value is -4.14. The Morgan fingerprint density at radius 2 is 1.55 bits per heavy atom. The molecule has 0 amide bonds. The molecule has 2 aromatic carbocycles. The summed E-state index contributed by atoms with van der Waals surface area (Å²) in [6.45, 7) is 0.634. The van der Waals surface area contributed by atoms with Crippen molar-refractivity contribution in [1.29, 1.82) is 0 Å². The summed E-state index contributed by atoms with van der Waals surface area (Å²) in [5, 5.41) is 6.23. The van der Waals surface area contributed by atoms with Gasteiger partial charge in [-0.1, -0.05) is 30.3 Å². The predicted molar refractivity (Wildman–Crippen MR) is 117 cm³/mol. The number of carbonyl (C=O) groups is 2. The molecule has 1 heterocycles. The van der Waals surface area contributed by atoms with E-state index in [9.17, 15) is 9.59 Å². The van der Waals surface area contributed by atoms with Crippen molar-refractivity contribution in [3.63, 3.8) is 0 Å². The van der Waals surface area contributed by atoms with Crippen LogP contribution in [-0.2, 0) is 15.9 Å². The minimum atomic E-state index is -0.590. The van der Waals surface area contributed by atoms with Gasteiger partial charge in [-0.05, 0) is 30.2 Å². The van der Waals surface area contributed by atoms with Gasteiger partial charge in [-0.2, -0.15) is 0 Å². The third-order valence-electron chi connectivity index (χ3n) is 4.47. The molecule has 0 atom stereocenters. The Balaban J connectivity index is 1.79. The van der Waals surface area contributed by atoms with Gasteiger partial charge in [0.2, 0.25) is 0 Å². The fourth-order valence-corrected chi connectivity index (χ4v) is 2.91. The van der Waals surface area contributed by atoms with Gasteiger partial charge in [0.15, 0.2) is 11.6 Å². The van der Waals surface area contributed by atoms with E-state index >= 15 is 0 Å². The quantitative estimate of drug-likeness (QED) is 0.470. The third kappa shape index (κ3) is 5.47. The van der Waals surface area contributed by atoms with E-state index in [1.54, 1.807) is 0 Å². The number of anilines is 4. The van der Waals surface area contributed by atoms with Crippen LogP contribution in [0.2, 0.25) is 0 Å². The van der Waals surface area contributed by atoms with Crippen LogP contribution in [-0.4, -0.2) is 42.7 Å². The smallest absolute Gasteiger partial charge is 0.337 e. The number of carbonyl (C=O) groups excluding carboxylic acids is 2. The Labute approximate surface area is 179 Å². The average Bonchev–Trinajstić information content (AvgIpc) is 2.80. The molecule has 0 aliphatic rings. The molecule has 1 aromatic heterocycles. The summed E-state index contributed by atoms with van der Waals surface area (Å²) >= 11 is 0. The lowest BCUT2D eigenvalue weighted by Crippen LogP contribution is -2.11. The van der Waals surface area contributed by atoms with Crippen LogP contribution in [0.5, 0.6) is 0 Å². The summed E-state index contributed by atoms with van der Waals surface area (Å²) in [6, 6.07) is 14.5. The standard InChI is InChI=1S/C22H23N5O4/c1-30-21(28)15-10-16(22(29)31-2)12-17(11-15)27-20-18(23)19(25-13-26-20)24-9-8-14-6-4-3-5-7-14/h3-7,10-13H,8-9,23H2,1-2H3,(H2,24,25,26,27). The van der Waals surface area contributed by atoms with Gasteiger partial charge in [-0.3, -0.25) is 0 Å². The van der Waals surface area contributed by atoms with E-state index in [4.69, 9.17) is 15.2 Å². The minimum Gasteiger partial charge on any atom is -0.465 e. The maximum atomic E-state index is 12.0. The highest BCUT2D eigenvalue weighted by molar-refractivity contribution is 5.97. The van der Waals surface area contributed by atoms with E-state index in [-0.39, 0.29) is 11.1 Å². The minimum absolute atomic E-state index is 0.182. The van der Waals surface area contributed by atoms with Crippen LogP contribution in [0.15, 0.2) is 54.9 Å². The van der Waals surface area contributed by atoms with Gasteiger partial charge in [-0.25, -0.2) is 19.6 Å². The number of esters is 2. The molecule has 0 saturated heterocycles. The topological polar surface area (TPSA) is 128 Å². The Morgan fingerprint density at radius 3 is 2.16 bits per heavy atom. The van der Waals surface area contributed by atoms with Crippen molar-refractivity contribution in [1.82, 2.24) is 9.97 Å². The van der Waals surface area contributed by atoms with Crippen LogP contribution in [0.3, 0.4) is 0 Å². The summed E-state index contributed by atoms with van der Waals surface area (Å²) in [6.07, 6.45) is 2.17. The second-order valence-corrected chi connectivity index (χ2v) is 6.55. The SMILES string of the molecule is COC(=O)c1cc(Nc2ncnc(NCCc3ccccc3)c2N)cc(C(=O)OC)c1.